The van der Waals surface area contributed by atoms with Crippen molar-refractivity contribution in [2.24, 2.45) is 0 Å². The van der Waals surface area contributed by atoms with Crippen LogP contribution >= 0.6 is 0 Å². The van der Waals surface area contributed by atoms with Crippen molar-refractivity contribution in [3.63, 3.8) is 0 Å². The van der Waals surface area contributed by atoms with Crippen LogP contribution < -0.4 is 5.32 Å². The molecule has 102 valence electrons. The number of hydrogen-bond donors (Lipinski definition) is 1. The zero-order valence-corrected chi connectivity index (χ0v) is 12.1. The molecule has 2 aromatic rings. The molecule has 0 amide bonds. The van der Waals surface area contributed by atoms with E-state index >= 15 is 0 Å². The highest BCUT2D eigenvalue weighted by Crippen LogP contribution is 2.18. The molecule has 0 bridgehead atoms. The van der Waals surface area contributed by atoms with E-state index in [-0.39, 0.29) is 5.60 Å². The van der Waals surface area contributed by atoms with Crippen molar-refractivity contribution in [2.75, 3.05) is 13.2 Å². The molecule has 0 aliphatic heterocycles. The average molecular weight is 257 g/mol. The molecule has 2 aromatic carbocycles. The molecule has 0 atom stereocenters. The van der Waals surface area contributed by atoms with E-state index in [1.165, 1.54) is 16.3 Å². The Labute approximate surface area is 115 Å². The van der Waals surface area contributed by atoms with Crippen molar-refractivity contribution < 1.29 is 4.74 Å². The van der Waals surface area contributed by atoms with Gasteiger partial charge in [-0.1, -0.05) is 42.5 Å². The first kappa shape index (κ1) is 14.0. The fourth-order valence-corrected chi connectivity index (χ4v) is 2.10. The first-order chi connectivity index (χ1) is 9.06. The van der Waals surface area contributed by atoms with Crippen LogP contribution in [0.4, 0.5) is 0 Å². The van der Waals surface area contributed by atoms with Crippen molar-refractivity contribution in [2.45, 2.75) is 32.9 Å². The van der Waals surface area contributed by atoms with Crippen molar-refractivity contribution in [3.8, 4) is 0 Å². The van der Waals surface area contributed by atoms with Gasteiger partial charge in [-0.05, 0) is 37.1 Å². The highest BCUT2D eigenvalue weighted by atomic mass is 16.5. The Morgan fingerprint density at radius 1 is 1.00 bits per heavy atom. The number of fused-ring (bicyclic) bond motifs is 1. The lowest BCUT2D eigenvalue weighted by Crippen LogP contribution is -2.26. The molecule has 2 rings (SSSR count). The molecule has 2 nitrogen and oxygen atoms in total. The van der Waals surface area contributed by atoms with Crippen LogP contribution in [0, 0.1) is 0 Å². The highest BCUT2D eigenvalue weighted by molar-refractivity contribution is 5.85. The standard InChI is InChI=1S/C17H23NO/c1-17(2,3)19-12-11-18-13-15-9-6-8-14-7-4-5-10-16(14)15/h4-10,18H,11-13H2,1-3H3. The number of hydrogen-bond acceptors (Lipinski definition) is 2. The van der Waals surface area contributed by atoms with Gasteiger partial charge in [-0.25, -0.2) is 0 Å². The van der Waals surface area contributed by atoms with Crippen LogP contribution in [-0.2, 0) is 11.3 Å². The molecule has 0 saturated carbocycles. The quantitative estimate of drug-likeness (QED) is 0.824. The van der Waals surface area contributed by atoms with Gasteiger partial charge in [0.1, 0.15) is 0 Å². The van der Waals surface area contributed by atoms with E-state index in [1.54, 1.807) is 0 Å². The molecular formula is C17H23NO. The zero-order chi connectivity index (χ0) is 13.7. The fraction of sp³-hybridized carbons (Fsp3) is 0.412. The monoisotopic (exact) mass is 257 g/mol. The van der Waals surface area contributed by atoms with E-state index in [9.17, 15) is 0 Å². The minimum Gasteiger partial charge on any atom is -0.375 e. The summed E-state index contributed by atoms with van der Waals surface area (Å²) in [6.07, 6.45) is 0. The Morgan fingerprint density at radius 3 is 2.53 bits per heavy atom. The van der Waals surface area contributed by atoms with Gasteiger partial charge in [-0.15, -0.1) is 0 Å². The number of benzene rings is 2. The largest absolute Gasteiger partial charge is 0.375 e. The van der Waals surface area contributed by atoms with E-state index in [0.29, 0.717) is 0 Å². The second kappa shape index (κ2) is 6.18. The van der Waals surface area contributed by atoms with Crippen LogP contribution in [-0.4, -0.2) is 18.8 Å². The fourth-order valence-electron chi connectivity index (χ4n) is 2.10. The average Bonchev–Trinajstić information content (AvgIpc) is 2.37. The summed E-state index contributed by atoms with van der Waals surface area (Å²) in [5.41, 5.74) is 1.29. The van der Waals surface area contributed by atoms with E-state index in [4.69, 9.17) is 4.74 Å². The van der Waals surface area contributed by atoms with Gasteiger partial charge >= 0.3 is 0 Å². The molecule has 1 N–H and O–H groups in total. The second-order valence-electron chi connectivity index (χ2n) is 5.78. The molecule has 0 spiro atoms. The second-order valence-corrected chi connectivity index (χ2v) is 5.78. The first-order valence-electron chi connectivity index (χ1n) is 6.87. The van der Waals surface area contributed by atoms with Gasteiger partial charge in [0.05, 0.1) is 12.2 Å². The highest BCUT2D eigenvalue weighted by Gasteiger charge is 2.08. The summed E-state index contributed by atoms with van der Waals surface area (Å²) in [6.45, 7) is 8.75. The van der Waals surface area contributed by atoms with Crippen LogP contribution in [0.25, 0.3) is 10.8 Å². The summed E-state index contributed by atoms with van der Waals surface area (Å²) in [5, 5.41) is 6.07. The molecule has 0 unspecified atom stereocenters. The third-order valence-electron chi connectivity index (χ3n) is 3.01. The molecule has 0 aromatic heterocycles. The predicted octanol–water partition coefficient (Wildman–Crippen LogP) is 3.74. The number of rotatable bonds is 5. The Morgan fingerprint density at radius 2 is 1.74 bits per heavy atom. The summed E-state index contributed by atoms with van der Waals surface area (Å²) in [4.78, 5) is 0. The van der Waals surface area contributed by atoms with Crippen molar-refractivity contribution in [1.82, 2.24) is 5.32 Å². The van der Waals surface area contributed by atoms with Gasteiger partial charge in [0.15, 0.2) is 0 Å². The number of ether oxygens (including phenoxy) is 1. The maximum atomic E-state index is 5.69. The minimum absolute atomic E-state index is 0.0544. The number of nitrogens with one attached hydrogen (secondary N) is 1. The SMILES string of the molecule is CC(C)(C)OCCNCc1cccc2ccccc12. The predicted molar refractivity (Wildman–Crippen MR) is 81.4 cm³/mol. The summed E-state index contributed by atoms with van der Waals surface area (Å²) in [6, 6.07) is 15.0. The van der Waals surface area contributed by atoms with Crippen LogP contribution in [0.5, 0.6) is 0 Å². The van der Waals surface area contributed by atoms with E-state index < -0.39 is 0 Å². The molecule has 0 aliphatic carbocycles. The lowest BCUT2D eigenvalue weighted by atomic mass is 10.0. The van der Waals surface area contributed by atoms with Crippen molar-refractivity contribution in [1.29, 1.82) is 0 Å². The van der Waals surface area contributed by atoms with Crippen LogP contribution in [0.2, 0.25) is 0 Å². The summed E-state index contributed by atoms with van der Waals surface area (Å²) in [5.74, 6) is 0. The third-order valence-corrected chi connectivity index (χ3v) is 3.01. The molecule has 0 saturated heterocycles. The van der Waals surface area contributed by atoms with Crippen molar-refractivity contribution >= 4 is 10.8 Å². The van der Waals surface area contributed by atoms with Crippen molar-refractivity contribution in [3.05, 3.63) is 48.0 Å². The third kappa shape index (κ3) is 4.34. The summed E-state index contributed by atoms with van der Waals surface area (Å²) in [7, 11) is 0. The van der Waals surface area contributed by atoms with Gasteiger partial charge in [0.25, 0.3) is 0 Å². The van der Waals surface area contributed by atoms with Gasteiger partial charge in [0, 0.05) is 13.1 Å². The van der Waals surface area contributed by atoms with Gasteiger partial charge in [0.2, 0.25) is 0 Å². The Bertz CT molecular complexity index is 523. The van der Waals surface area contributed by atoms with Gasteiger partial charge in [-0.3, -0.25) is 0 Å². The van der Waals surface area contributed by atoms with E-state index in [1.807, 2.05) is 0 Å². The smallest absolute Gasteiger partial charge is 0.0599 e. The van der Waals surface area contributed by atoms with Gasteiger partial charge in [-0.2, -0.15) is 0 Å². The Balaban J connectivity index is 1.88. The molecule has 0 heterocycles. The lowest BCUT2D eigenvalue weighted by Gasteiger charge is -2.19. The molecular weight excluding hydrogens is 234 g/mol. The molecule has 2 heteroatoms. The topological polar surface area (TPSA) is 21.3 Å². The normalized spacial score (nSPS) is 11.9. The van der Waals surface area contributed by atoms with Crippen LogP contribution in [0.1, 0.15) is 26.3 Å². The van der Waals surface area contributed by atoms with Gasteiger partial charge < -0.3 is 10.1 Å². The van der Waals surface area contributed by atoms with Crippen LogP contribution in [0.15, 0.2) is 42.5 Å². The lowest BCUT2D eigenvalue weighted by molar-refractivity contribution is -0.000878. The maximum Gasteiger partial charge on any atom is 0.0599 e. The molecule has 0 aliphatic rings. The Kier molecular flexibility index (Phi) is 4.56. The minimum atomic E-state index is -0.0544. The molecule has 0 fully saturated rings. The summed E-state index contributed by atoms with van der Waals surface area (Å²) < 4.78 is 5.69. The van der Waals surface area contributed by atoms with Crippen LogP contribution in [0.3, 0.4) is 0 Å². The first-order valence-corrected chi connectivity index (χ1v) is 6.87. The van der Waals surface area contributed by atoms with E-state index in [0.717, 1.165) is 19.7 Å². The maximum absolute atomic E-state index is 5.69. The zero-order valence-electron chi connectivity index (χ0n) is 12.1. The Hall–Kier alpha value is -1.38. The molecule has 0 radical (unpaired) electrons. The molecule has 19 heavy (non-hydrogen) atoms. The van der Waals surface area contributed by atoms with E-state index in [2.05, 4.69) is 68.6 Å². The summed E-state index contributed by atoms with van der Waals surface area (Å²) >= 11 is 0.